The highest BCUT2D eigenvalue weighted by Crippen LogP contribution is 2.29. The van der Waals surface area contributed by atoms with Crippen molar-refractivity contribution in [3.05, 3.63) is 92.9 Å². The number of anilines is 1. The molecule has 4 rings (SSSR count). The van der Waals surface area contributed by atoms with Crippen molar-refractivity contribution in [2.75, 3.05) is 23.7 Å². The van der Waals surface area contributed by atoms with Crippen molar-refractivity contribution in [1.29, 1.82) is 0 Å². The van der Waals surface area contributed by atoms with Crippen LogP contribution >= 0.6 is 34.4 Å². The Bertz CT molecular complexity index is 1480. The lowest BCUT2D eigenvalue weighted by Crippen LogP contribution is -2.47. The summed E-state index contributed by atoms with van der Waals surface area (Å²) in [5.41, 5.74) is 0.485. The molecule has 0 bridgehead atoms. The third kappa shape index (κ3) is 9.67. The number of carbonyl (C=O) groups excluding carboxylic acids is 2. The lowest BCUT2D eigenvalue weighted by atomic mass is 9.96. The van der Waals surface area contributed by atoms with Crippen LogP contribution in [-0.4, -0.2) is 57.7 Å². The number of carboxylic acids is 1. The lowest BCUT2D eigenvalue weighted by Gasteiger charge is -2.31. The fourth-order valence-corrected chi connectivity index (χ4v) is 5.77. The minimum Gasteiger partial charge on any atom is -0.480 e. The van der Waals surface area contributed by atoms with E-state index in [9.17, 15) is 32.7 Å². The maximum Gasteiger partial charge on any atom is 0.433 e. The van der Waals surface area contributed by atoms with E-state index < -0.39 is 41.6 Å². The van der Waals surface area contributed by atoms with Crippen LogP contribution in [0.2, 0.25) is 0 Å². The van der Waals surface area contributed by atoms with Crippen LogP contribution in [0.4, 0.5) is 19.1 Å². The number of piperidine rings is 1. The number of hydrogen-bond acceptors (Lipinski definition) is 7. The van der Waals surface area contributed by atoms with Gasteiger partial charge in [0, 0.05) is 40.3 Å². The SMILES string of the molecule is O=C(NC(CSCc1ccccc1)C(=O)O)C(=Cc1ccc(I)cc1)NC(=O)C1CCN(c2nccc(C(F)(F)F)n2)CC1. The van der Waals surface area contributed by atoms with E-state index in [1.165, 1.54) is 17.8 Å². The zero-order chi connectivity index (χ0) is 31.7. The third-order valence-electron chi connectivity index (χ3n) is 6.76. The number of aromatic nitrogens is 2. The summed E-state index contributed by atoms with van der Waals surface area (Å²) in [5, 5.41) is 15.0. The van der Waals surface area contributed by atoms with Gasteiger partial charge in [0.25, 0.3) is 5.91 Å². The Labute approximate surface area is 269 Å². The van der Waals surface area contributed by atoms with Crippen molar-refractivity contribution in [2.24, 2.45) is 5.92 Å². The van der Waals surface area contributed by atoms with Crippen LogP contribution in [0.3, 0.4) is 0 Å². The topological polar surface area (TPSA) is 125 Å². The van der Waals surface area contributed by atoms with Crippen LogP contribution in [0.1, 0.15) is 29.7 Å². The number of carbonyl (C=O) groups is 3. The second-order valence-electron chi connectivity index (χ2n) is 9.96. The zero-order valence-corrected chi connectivity index (χ0v) is 26.2. The summed E-state index contributed by atoms with van der Waals surface area (Å²) in [6.45, 7) is 0.475. The Morgan fingerprint density at radius 2 is 1.75 bits per heavy atom. The van der Waals surface area contributed by atoms with Crippen molar-refractivity contribution >= 4 is 64.2 Å². The first-order valence-electron chi connectivity index (χ1n) is 13.6. The molecule has 1 aromatic heterocycles. The summed E-state index contributed by atoms with van der Waals surface area (Å²) in [6.07, 6.45) is -1.49. The predicted octanol–water partition coefficient (Wildman–Crippen LogP) is 4.98. The second kappa shape index (κ2) is 15.4. The summed E-state index contributed by atoms with van der Waals surface area (Å²) in [5.74, 6) is -2.35. The normalized spacial score (nSPS) is 15.0. The van der Waals surface area contributed by atoms with Gasteiger partial charge >= 0.3 is 12.1 Å². The molecule has 1 aliphatic heterocycles. The van der Waals surface area contributed by atoms with Crippen LogP contribution in [0.15, 0.2) is 72.6 Å². The van der Waals surface area contributed by atoms with Gasteiger partial charge in [-0.05, 0) is 70.8 Å². The molecule has 232 valence electrons. The quantitative estimate of drug-likeness (QED) is 0.186. The second-order valence-corrected chi connectivity index (χ2v) is 12.2. The Balaban J connectivity index is 1.42. The molecule has 14 heteroatoms. The minimum absolute atomic E-state index is 0.0674. The van der Waals surface area contributed by atoms with E-state index in [4.69, 9.17) is 0 Å². The van der Waals surface area contributed by atoms with Gasteiger partial charge in [-0.1, -0.05) is 42.5 Å². The van der Waals surface area contributed by atoms with Gasteiger partial charge < -0.3 is 20.6 Å². The first kappa shape index (κ1) is 33.2. The van der Waals surface area contributed by atoms with E-state index in [0.717, 1.165) is 21.4 Å². The van der Waals surface area contributed by atoms with Crippen molar-refractivity contribution in [3.63, 3.8) is 0 Å². The van der Waals surface area contributed by atoms with Crippen molar-refractivity contribution in [1.82, 2.24) is 20.6 Å². The van der Waals surface area contributed by atoms with Crippen LogP contribution < -0.4 is 15.5 Å². The summed E-state index contributed by atoms with van der Waals surface area (Å²) in [6, 6.07) is 16.3. The van der Waals surface area contributed by atoms with Crippen LogP contribution in [0.25, 0.3) is 6.08 Å². The number of carboxylic acid groups (broad SMARTS) is 1. The highest BCUT2D eigenvalue weighted by Gasteiger charge is 2.34. The summed E-state index contributed by atoms with van der Waals surface area (Å²) in [4.78, 5) is 47.8. The minimum atomic E-state index is -4.60. The molecule has 0 radical (unpaired) electrons. The molecule has 1 unspecified atom stereocenters. The number of amides is 2. The van der Waals surface area contributed by atoms with Crippen molar-refractivity contribution < 1.29 is 32.7 Å². The molecule has 44 heavy (non-hydrogen) atoms. The molecule has 1 atom stereocenters. The largest absolute Gasteiger partial charge is 0.480 e. The van der Waals surface area contributed by atoms with Gasteiger partial charge in [0.1, 0.15) is 17.4 Å². The van der Waals surface area contributed by atoms with Crippen molar-refractivity contribution in [3.8, 4) is 0 Å². The first-order valence-corrected chi connectivity index (χ1v) is 15.8. The Morgan fingerprint density at radius 1 is 1.07 bits per heavy atom. The number of thioether (sulfide) groups is 1. The van der Waals surface area contributed by atoms with Crippen LogP contribution in [-0.2, 0) is 26.3 Å². The van der Waals surface area contributed by atoms with Gasteiger partial charge in [-0.2, -0.15) is 24.9 Å². The van der Waals surface area contributed by atoms with E-state index in [0.29, 0.717) is 11.3 Å². The van der Waals surface area contributed by atoms with Crippen LogP contribution in [0.5, 0.6) is 0 Å². The van der Waals surface area contributed by atoms with Crippen molar-refractivity contribution in [2.45, 2.75) is 30.8 Å². The number of nitrogens with zero attached hydrogens (tertiary/aromatic N) is 3. The molecule has 3 aromatic rings. The molecule has 2 amide bonds. The maximum atomic E-state index is 13.3. The number of halogens is 4. The lowest BCUT2D eigenvalue weighted by molar-refractivity contribution is -0.141. The molecule has 9 nitrogen and oxygen atoms in total. The third-order valence-corrected chi connectivity index (χ3v) is 8.59. The number of alkyl halides is 3. The molecule has 3 N–H and O–H groups in total. The fourth-order valence-electron chi connectivity index (χ4n) is 4.40. The molecule has 1 aliphatic rings. The first-order chi connectivity index (χ1) is 21.0. The summed E-state index contributed by atoms with van der Waals surface area (Å²) >= 11 is 3.50. The summed E-state index contributed by atoms with van der Waals surface area (Å²) < 4.78 is 40.2. The molecule has 2 aromatic carbocycles. The molecule has 2 heterocycles. The molecule has 1 saturated heterocycles. The predicted molar refractivity (Wildman–Crippen MR) is 169 cm³/mol. The fraction of sp³-hybridized carbons (Fsp3) is 0.300. The molecule has 1 fully saturated rings. The Hall–Kier alpha value is -3.66. The highest BCUT2D eigenvalue weighted by atomic mass is 127. The number of aliphatic carboxylic acids is 1. The average molecular weight is 740 g/mol. The van der Waals surface area contributed by atoms with Gasteiger partial charge in [0.15, 0.2) is 0 Å². The smallest absolute Gasteiger partial charge is 0.433 e. The zero-order valence-electron chi connectivity index (χ0n) is 23.3. The monoisotopic (exact) mass is 739 g/mol. The highest BCUT2D eigenvalue weighted by molar-refractivity contribution is 14.1. The standard InChI is InChI=1S/C30H29F3IN5O4S/c31-30(32,33)25-10-13-35-29(38-25)39-14-11-21(12-15-39)26(40)36-23(16-19-6-8-22(34)9-7-19)27(41)37-24(28(42)43)18-44-17-20-4-2-1-3-5-20/h1-10,13,16,21,24H,11-12,14-15,17-18H2,(H,36,40)(H,37,41)(H,42,43). The van der Waals surface area contributed by atoms with E-state index in [1.807, 2.05) is 42.5 Å². The summed E-state index contributed by atoms with van der Waals surface area (Å²) in [7, 11) is 0. The van der Waals surface area contributed by atoms with Gasteiger partial charge in [-0.25, -0.2) is 14.8 Å². The molecular weight excluding hydrogens is 710 g/mol. The average Bonchev–Trinajstić information content (AvgIpc) is 3.01. The number of rotatable bonds is 11. The Kier molecular flexibility index (Phi) is 11.6. The van der Waals surface area contributed by atoms with E-state index in [2.05, 4.69) is 43.2 Å². The van der Waals surface area contributed by atoms with E-state index >= 15 is 0 Å². The van der Waals surface area contributed by atoms with Gasteiger partial charge in [-0.3, -0.25) is 9.59 Å². The maximum absolute atomic E-state index is 13.3. The Morgan fingerprint density at radius 3 is 2.39 bits per heavy atom. The molecule has 0 spiro atoms. The molecule has 0 aliphatic carbocycles. The molecule has 0 saturated carbocycles. The van der Waals surface area contributed by atoms with E-state index in [-0.39, 0.29) is 43.3 Å². The number of hydrogen-bond donors (Lipinski definition) is 3. The van der Waals surface area contributed by atoms with E-state index in [1.54, 1.807) is 17.0 Å². The number of nitrogens with one attached hydrogen (secondary N) is 2. The van der Waals surface area contributed by atoms with Gasteiger partial charge in [-0.15, -0.1) is 0 Å². The van der Waals surface area contributed by atoms with Crippen LogP contribution in [0, 0.1) is 9.49 Å². The number of benzene rings is 2. The van der Waals surface area contributed by atoms with Gasteiger partial charge in [0.2, 0.25) is 11.9 Å². The van der Waals surface area contributed by atoms with Gasteiger partial charge in [0.05, 0.1) is 0 Å². The molecular formula is C30H29F3IN5O4S.